The molecule has 2 aromatic rings. The Morgan fingerprint density at radius 1 is 1.35 bits per heavy atom. The Morgan fingerprint density at radius 3 is 2.83 bits per heavy atom. The summed E-state index contributed by atoms with van der Waals surface area (Å²) in [6.07, 6.45) is 0. The van der Waals surface area contributed by atoms with Crippen LogP contribution in [-0.2, 0) is 0 Å². The number of nitrogens with zero attached hydrogens (tertiary/aromatic N) is 2. The number of carbonyl (C=O) groups is 1. The lowest BCUT2D eigenvalue weighted by molar-refractivity contribution is 0.0624. The smallest absolute Gasteiger partial charge is 0.275 e. The van der Waals surface area contributed by atoms with E-state index in [9.17, 15) is 4.79 Å². The Labute approximate surface area is 135 Å². The van der Waals surface area contributed by atoms with Gasteiger partial charge >= 0.3 is 0 Å². The molecule has 0 saturated carbocycles. The van der Waals surface area contributed by atoms with Crippen LogP contribution in [0.5, 0.6) is 5.75 Å². The number of amides is 1. The number of hydrogen-bond acceptors (Lipinski definition) is 4. The van der Waals surface area contributed by atoms with Gasteiger partial charge in [-0.3, -0.25) is 9.89 Å². The van der Waals surface area contributed by atoms with Crippen LogP contribution in [0.1, 0.15) is 33.4 Å². The molecule has 0 bridgehead atoms. The number of nitrogens with one attached hydrogen (secondary N) is 2. The van der Waals surface area contributed by atoms with Crippen molar-refractivity contribution in [2.45, 2.75) is 19.9 Å². The van der Waals surface area contributed by atoms with Gasteiger partial charge < -0.3 is 15.0 Å². The number of aromatic nitrogens is 2. The molecule has 1 aromatic heterocycles. The number of piperazine rings is 1. The monoisotopic (exact) mass is 314 g/mol. The molecule has 3 rings (SSSR count). The number of methoxy groups -OCH3 is 1. The second-order valence-corrected chi connectivity index (χ2v) is 5.78. The van der Waals surface area contributed by atoms with Crippen LogP contribution < -0.4 is 10.1 Å². The van der Waals surface area contributed by atoms with Crippen LogP contribution in [0.4, 0.5) is 0 Å². The summed E-state index contributed by atoms with van der Waals surface area (Å²) < 4.78 is 5.47. The molecule has 0 spiro atoms. The Bertz CT molecular complexity index is 710. The minimum Gasteiger partial charge on any atom is -0.496 e. The number of ether oxygens (including phenoxy) is 1. The maximum atomic E-state index is 13.0. The van der Waals surface area contributed by atoms with E-state index in [0.717, 1.165) is 29.1 Å². The fourth-order valence-electron chi connectivity index (χ4n) is 3.00. The third-order valence-electron chi connectivity index (χ3n) is 4.46. The Kier molecular flexibility index (Phi) is 4.34. The first-order chi connectivity index (χ1) is 11.1. The molecule has 1 atom stereocenters. The normalized spacial score (nSPS) is 18.0. The van der Waals surface area contributed by atoms with Crippen LogP contribution in [-0.4, -0.2) is 47.7 Å². The van der Waals surface area contributed by atoms with Crippen LogP contribution in [0.15, 0.2) is 24.3 Å². The summed E-state index contributed by atoms with van der Waals surface area (Å²) in [5, 5.41) is 10.5. The summed E-state index contributed by atoms with van der Waals surface area (Å²) in [5.74, 6) is 0.762. The first-order valence-corrected chi connectivity index (χ1v) is 7.79. The number of aryl methyl sites for hydroxylation is 1. The number of hydrogen-bond donors (Lipinski definition) is 2. The largest absolute Gasteiger partial charge is 0.496 e. The third-order valence-corrected chi connectivity index (χ3v) is 4.46. The fraction of sp³-hybridized carbons (Fsp3) is 0.412. The van der Waals surface area contributed by atoms with Gasteiger partial charge in [0.05, 0.1) is 13.2 Å². The predicted molar refractivity (Wildman–Crippen MR) is 87.7 cm³/mol. The van der Waals surface area contributed by atoms with E-state index in [-0.39, 0.29) is 11.9 Å². The molecule has 1 unspecified atom stereocenters. The van der Waals surface area contributed by atoms with E-state index in [0.29, 0.717) is 18.8 Å². The minimum atomic E-state index is -0.0659. The molecule has 2 heterocycles. The maximum Gasteiger partial charge on any atom is 0.275 e. The van der Waals surface area contributed by atoms with E-state index in [4.69, 9.17) is 4.74 Å². The number of rotatable bonds is 3. The number of H-pyrrole nitrogens is 1. The molecule has 1 aromatic carbocycles. The van der Waals surface area contributed by atoms with Gasteiger partial charge in [-0.1, -0.05) is 18.2 Å². The summed E-state index contributed by atoms with van der Waals surface area (Å²) in [7, 11) is 1.66. The first-order valence-electron chi connectivity index (χ1n) is 7.79. The van der Waals surface area contributed by atoms with E-state index in [1.807, 2.05) is 43.0 Å². The van der Waals surface area contributed by atoms with Crippen LogP contribution in [0, 0.1) is 13.8 Å². The molecule has 1 aliphatic heterocycles. The van der Waals surface area contributed by atoms with Crippen molar-refractivity contribution in [1.82, 2.24) is 20.4 Å². The quantitative estimate of drug-likeness (QED) is 0.907. The lowest BCUT2D eigenvalue weighted by Gasteiger charge is -2.36. The highest BCUT2D eigenvalue weighted by Crippen LogP contribution is 2.31. The predicted octanol–water partition coefficient (Wildman–Crippen LogP) is 1.82. The average molecular weight is 314 g/mol. The van der Waals surface area contributed by atoms with Crippen LogP contribution in [0.25, 0.3) is 0 Å². The molecular weight excluding hydrogens is 292 g/mol. The molecule has 6 nitrogen and oxygen atoms in total. The Hall–Kier alpha value is -2.34. The number of benzene rings is 1. The topological polar surface area (TPSA) is 70.2 Å². The van der Waals surface area contributed by atoms with Crippen molar-refractivity contribution in [2.24, 2.45) is 0 Å². The van der Waals surface area contributed by atoms with Gasteiger partial charge in [-0.15, -0.1) is 0 Å². The second kappa shape index (κ2) is 6.42. The van der Waals surface area contributed by atoms with Gasteiger partial charge in [0.15, 0.2) is 5.69 Å². The highest BCUT2D eigenvalue weighted by atomic mass is 16.5. The van der Waals surface area contributed by atoms with Crippen molar-refractivity contribution >= 4 is 5.91 Å². The minimum absolute atomic E-state index is 0.0377. The molecule has 0 radical (unpaired) electrons. The lowest BCUT2D eigenvalue weighted by Crippen LogP contribution is -2.49. The molecule has 1 aliphatic rings. The lowest BCUT2D eigenvalue weighted by atomic mass is 10.0. The molecule has 23 heavy (non-hydrogen) atoms. The zero-order valence-corrected chi connectivity index (χ0v) is 13.7. The highest BCUT2D eigenvalue weighted by Gasteiger charge is 2.32. The van der Waals surface area contributed by atoms with Gasteiger partial charge in [0, 0.05) is 36.5 Å². The van der Waals surface area contributed by atoms with Gasteiger partial charge in [-0.25, -0.2) is 0 Å². The summed E-state index contributed by atoms with van der Waals surface area (Å²) in [4.78, 5) is 14.9. The van der Waals surface area contributed by atoms with Crippen molar-refractivity contribution in [3.8, 4) is 5.75 Å². The Balaban J connectivity index is 1.96. The van der Waals surface area contributed by atoms with Gasteiger partial charge in [-0.2, -0.15) is 5.10 Å². The summed E-state index contributed by atoms with van der Waals surface area (Å²) in [5.41, 5.74) is 3.36. The molecular formula is C17H22N4O2. The highest BCUT2D eigenvalue weighted by molar-refractivity contribution is 5.94. The standard InChI is InChI=1S/C17H22N4O2/c1-11-12(2)19-20-16(11)17(22)21-9-8-18-10-14(21)13-6-4-5-7-15(13)23-3/h4-7,14,18H,8-10H2,1-3H3,(H,19,20). The van der Waals surface area contributed by atoms with E-state index >= 15 is 0 Å². The van der Waals surface area contributed by atoms with E-state index < -0.39 is 0 Å². The average Bonchev–Trinajstić information content (AvgIpc) is 2.93. The Morgan fingerprint density at radius 2 is 2.13 bits per heavy atom. The maximum absolute atomic E-state index is 13.0. The molecule has 1 saturated heterocycles. The second-order valence-electron chi connectivity index (χ2n) is 5.78. The van der Waals surface area contributed by atoms with Crippen molar-refractivity contribution < 1.29 is 9.53 Å². The molecule has 6 heteroatoms. The van der Waals surface area contributed by atoms with Gasteiger partial charge in [0.25, 0.3) is 5.91 Å². The van der Waals surface area contributed by atoms with Crippen LogP contribution >= 0.6 is 0 Å². The number of aromatic amines is 1. The zero-order valence-electron chi connectivity index (χ0n) is 13.7. The molecule has 1 fully saturated rings. The summed E-state index contributed by atoms with van der Waals surface area (Å²) in [6.45, 7) is 5.97. The van der Waals surface area contributed by atoms with E-state index in [1.54, 1.807) is 7.11 Å². The summed E-state index contributed by atoms with van der Waals surface area (Å²) >= 11 is 0. The third kappa shape index (κ3) is 2.82. The molecule has 0 aliphatic carbocycles. The van der Waals surface area contributed by atoms with Gasteiger partial charge in [0.1, 0.15) is 5.75 Å². The SMILES string of the molecule is COc1ccccc1C1CNCCN1C(=O)c1n[nH]c(C)c1C. The van der Waals surface area contributed by atoms with Crippen molar-refractivity contribution in [1.29, 1.82) is 0 Å². The molecule has 2 N–H and O–H groups in total. The van der Waals surface area contributed by atoms with E-state index in [1.165, 1.54) is 0 Å². The first kappa shape index (κ1) is 15.6. The molecule has 122 valence electrons. The van der Waals surface area contributed by atoms with Crippen LogP contribution in [0.2, 0.25) is 0 Å². The van der Waals surface area contributed by atoms with Crippen molar-refractivity contribution in [3.63, 3.8) is 0 Å². The van der Waals surface area contributed by atoms with Crippen molar-refractivity contribution in [3.05, 3.63) is 46.8 Å². The molecule has 1 amide bonds. The fourth-order valence-corrected chi connectivity index (χ4v) is 3.00. The number of para-hydroxylation sites is 1. The zero-order chi connectivity index (χ0) is 16.4. The van der Waals surface area contributed by atoms with E-state index in [2.05, 4.69) is 15.5 Å². The summed E-state index contributed by atoms with van der Waals surface area (Å²) in [6, 6.07) is 7.78. The van der Waals surface area contributed by atoms with Crippen LogP contribution in [0.3, 0.4) is 0 Å². The van der Waals surface area contributed by atoms with Crippen molar-refractivity contribution in [2.75, 3.05) is 26.7 Å². The number of carbonyl (C=O) groups excluding carboxylic acids is 1. The van der Waals surface area contributed by atoms with Gasteiger partial charge in [-0.05, 0) is 19.9 Å². The van der Waals surface area contributed by atoms with Gasteiger partial charge in [0.2, 0.25) is 0 Å².